The molecule has 0 bridgehead atoms. The van der Waals surface area contributed by atoms with Crippen molar-refractivity contribution in [1.29, 1.82) is 0 Å². The van der Waals surface area contributed by atoms with Gasteiger partial charge in [-0.2, -0.15) is 0 Å². The van der Waals surface area contributed by atoms with Crippen LogP contribution in [-0.2, 0) is 9.84 Å². The first-order valence-electron chi connectivity index (χ1n) is 5.52. The second-order valence-corrected chi connectivity index (χ2v) is 6.54. The predicted molar refractivity (Wildman–Crippen MR) is 65.5 cm³/mol. The van der Waals surface area contributed by atoms with E-state index in [-0.39, 0.29) is 34.8 Å². The monoisotopic (exact) mass is 270 g/mol. The molecule has 98 valence electrons. The fourth-order valence-corrected chi connectivity index (χ4v) is 3.71. The predicted octanol–water partition coefficient (Wildman–Crippen LogP) is -0.777. The second-order valence-electron chi connectivity index (χ2n) is 4.31. The number of hydrogen-bond acceptors (Lipinski definition) is 6. The number of nitrogens with two attached hydrogens (primary N) is 1. The number of rotatable bonds is 3. The van der Waals surface area contributed by atoms with Crippen molar-refractivity contribution in [3.8, 4) is 0 Å². The highest BCUT2D eigenvalue weighted by atomic mass is 32.2. The lowest BCUT2D eigenvalue weighted by Gasteiger charge is -2.09. The Morgan fingerprint density at radius 3 is 2.89 bits per heavy atom. The zero-order valence-electron chi connectivity index (χ0n) is 9.67. The van der Waals surface area contributed by atoms with Crippen LogP contribution >= 0.6 is 0 Å². The third kappa shape index (κ3) is 3.16. The minimum absolute atomic E-state index is 0.0204. The second kappa shape index (κ2) is 4.89. The number of amides is 1. The first-order valence-corrected chi connectivity index (χ1v) is 7.34. The van der Waals surface area contributed by atoms with Gasteiger partial charge in [0.15, 0.2) is 9.84 Å². The maximum atomic E-state index is 11.7. The van der Waals surface area contributed by atoms with Crippen molar-refractivity contribution in [2.24, 2.45) is 5.92 Å². The SMILES string of the molecule is Nc1cncc(C(=O)NCC2CCS(=O)(=O)C2)n1. The molecular weight excluding hydrogens is 256 g/mol. The fraction of sp³-hybridized carbons (Fsp3) is 0.500. The molecule has 1 atom stereocenters. The van der Waals surface area contributed by atoms with E-state index in [2.05, 4.69) is 15.3 Å². The third-order valence-electron chi connectivity index (χ3n) is 2.76. The molecule has 1 aliphatic rings. The van der Waals surface area contributed by atoms with Crippen LogP contribution in [0.5, 0.6) is 0 Å². The Morgan fingerprint density at radius 2 is 2.28 bits per heavy atom. The molecule has 1 aromatic rings. The molecule has 18 heavy (non-hydrogen) atoms. The summed E-state index contributed by atoms with van der Waals surface area (Å²) in [5, 5.41) is 2.64. The quantitative estimate of drug-likeness (QED) is 0.744. The van der Waals surface area contributed by atoms with Crippen LogP contribution < -0.4 is 11.1 Å². The molecule has 1 aromatic heterocycles. The van der Waals surface area contributed by atoms with Crippen LogP contribution in [0.25, 0.3) is 0 Å². The molecule has 1 aliphatic heterocycles. The molecule has 0 saturated carbocycles. The summed E-state index contributed by atoms with van der Waals surface area (Å²) in [7, 11) is -2.91. The highest BCUT2D eigenvalue weighted by Gasteiger charge is 2.28. The molecule has 0 radical (unpaired) electrons. The summed E-state index contributed by atoms with van der Waals surface area (Å²) < 4.78 is 22.5. The number of carbonyl (C=O) groups is 1. The Morgan fingerprint density at radius 1 is 1.50 bits per heavy atom. The average molecular weight is 270 g/mol. The van der Waals surface area contributed by atoms with Gasteiger partial charge in [0.25, 0.3) is 5.91 Å². The zero-order valence-corrected chi connectivity index (χ0v) is 10.5. The normalized spacial score (nSPS) is 21.7. The van der Waals surface area contributed by atoms with Crippen molar-refractivity contribution in [2.45, 2.75) is 6.42 Å². The Hall–Kier alpha value is -1.70. The van der Waals surface area contributed by atoms with Gasteiger partial charge < -0.3 is 11.1 Å². The lowest BCUT2D eigenvalue weighted by molar-refractivity contribution is 0.0943. The van der Waals surface area contributed by atoms with Crippen molar-refractivity contribution in [3.63, 3.8) is 0 Å². The van der Waals surface area contributed by atoms with Crippen LogP contribution in [0.1, 0.15) is 16.9 Å². The molecule has 7 nitrogen and oxygen atoms in total. The van der Waals surface area contributed by atoms with Crippen LogP contribution in [0, 0.1) is 5.92 Å². The van der Waals surface area contributed by atoms with Crippen molar-refractivity contribution in [3.05, 3.63) is 18.1 Å². The number of anilines is 1. The molecule has 0 aliphatic carbocycles. The summed E-state index contributed by atoms with van der Waals surface area (Å²) in [6.45, 7) is 0.328. The van der Waals surface area contributed by atoms with Gasteiger partial charge >= 0.3 is 0 Å². The first kappa shape index (κ1) is 12.7. The van der Waals surface area contributed by atoms with E-state index in [0.717, 1.165) is 0 Å². The molecule has 0 aromatic carbocycles. The molecule has 2 heterocycles. The van der Waals surface area contributed by atoms with Crippen LogP contribution in [-0.4, -0.2) is 42.3 Å². The van der Waals surface area contributed by atoms with Gasteiger partial charge in [0, 0.05) is 6.54 Å². The van der Waals surface area contributed by atoms with Gasteiger partial charge in [0.05, 0.1) is 23.9 Å². The summed E-state index contributed by atoms with van der Waals surface area (Å²) in [5.41, 5.74) is 5.55. The summed E-state index contributed by atoms with van der Waals surface area (Å²) in [5.74, 6) is 0.0970. The molecule has 1 fully saturated rings. The van der Waals surface area contributed by atoms with Crippen molar-refractivity contribution in [2.75, 3.05) is 23.8 Å². The van der Waals surface area contributed by atoms with Crippen LogP contribution in [0.4, 0.5) is 5.82 Å². The van der Waals surface area contributed by atoms with Crippen molar-refractivity contribution >= 4 is 21.6 Å². The van der Waals surface area contributed by atoms with E-state index >= 15 is 0 Å². The molecule has 1 saturated heterocycles. The van der Waals surface area contributed by atoms with Gasteiger partial charge in [-0.25, -0.2) is 13.4 Å². The van der Waals surface area contributed by atoms with Crippen molar-refractivity contribution in [1.82, 2.24) is 15.3 Å². The molecule has 2 rings (SSSR count). The molecular formula is C10H14N4O3S. The van der Waals surface area contributed by atoms with Crippen molar-refractivity contribution < 1.29 is 13.2 Å². The van der Waals surface area contributed by atoms with Gasteiger partial charge in [-0.3, -0.25) is 9.78 Å². The molecule has 0 spiro atoms. The Bertz CT molecular complexity index is 558. The fourth-order valence-electron chi connectivity index (χ4n) is 1.85. The summed E-state index contributed by atoms with van der Waals surface area (Å²) in [4.78, 5) is 19.3. The number of nitrogens with one attached hydrogen (secondary N) is 1. The molecule has 8 heteroatoms. The number of nitrogens with zero attached hydrogens (tertiary/aromatic N) is 2. The van der Waals surface area contributed by atoms with E-state index in [4.69, 9.17) is 5.73 Å². The first-order chi connectivity index (χ1) is 8.46. The van der Waals surface area contributed by atoms with E-state index in [0.29, 0.717) is 13.0 Å². The topological polar surface area (TPSA) is 115 Å². The summed E-state index contributed by atoms with van der Waals surface area (Å²) in [6.07, 6.45) is 3.25. The van der Waals surface area contributed by atoms with E-state index in [1.807, 2.05) is 0 Å². The highest BCUT2D eigenvalue weighted by Crippen LogP contribution is 2.17. The average Bonchev–Trinajstić information content (AvgIpc) is 2.66. The third-order valence-corrected chi connectivity index (χ3v) is 4.60. The van der Waals surface area contributed by atoms with Crippen LogP contribution in [0.2, 0.25) is 0 Å². The van der Waals surface area contributed by atoms with Gasteiger partial charge in [0.2, 0.25) is 0 Å². The van der Waals surface area contributed by atoms with Gasteiger partial charge in [-0.1, -0.05) is 0 Å². The molecule has 1 unspecified atom stereocenters. The maximum absolute atomic E-state index is 11.7. The largest absolute Gasteiger partial charge is 0.382 e. The van der Waals surface area contributed by atoms with Gasteiger partial charge in [-0.15, -0.1) is 0 Å². The van der Waals surface area contributed by atoms with Crippen LogP contribution in [0.3, 0.4) is 0 Å². The van der Waals surface area contributed by atoms with E-state index < -0.39 is 9.84 Å². The Balaban J connectivity index is 1.90. The Labute approximate surface area is 105 Å². The van der Waals surface area contributed by atoms with E-state index in [1.165, 1.54) is 12.4 Å². The van der Waals surface area contributed by atoms with Gasteiger partial charge in [-0.05, 0) is 12.3 Å². The number of aromatic nitrogens is 2. The van der Waals surface area contributed by atoms with E-state index in [1.54, 1.807) is 0 Å². The minimum atomic E-state index is -2.91. The number of sulfone groups is 1. The smallest absolute Gasteiger partial charge is 0.271 e. The molecule has 1 amide bonds. The highest BCUT2D eigenvalue weighted by molar-refractivity contribution is 7.91. The zero-order chi connectivity index (χ0) is 13.2. The maximum Gasteiger partial charge on any atom is 0.271 e. The minimum Gasteiger partial charge on any atom is -0.382 e. The molecule has 3 N–H and O–H groups in total. The lowest BCUT2D eigenvalue weighted by Crippen LogP contribution is -2.30. The summed E-state index contributed by atoms with van der Waals surface area (Å²) in [6, 6.07) is 0. The van der Waals surface area contributed by atoms with Crippen LogP contribution in [0.15, 0.2) is 12.4 Å². The number of nitrogen functional groups attached to an aromatic ring is 1. The standard InChI is InChI=1S/C10H14N4O3S/c11-9-5-12-4-8(14-9)10(15)13-3-7-1-2-18(16,17)6-7/h4-5,7H,1-3,6H2,(H2,11,14)(H,13,15). The van der Waals surface area contributed by atoms with Gasteiger partial charge in [0.1, 0.15) is 11.5 Å². The van der Waals surface area contributed by atoms with E-state index in [9.17, 15) is 13.2 Å². The number of carbonyl (C=O) groups excluding carboxylic acids is 1. The summed E-state index contributed by atoms with van der Waals surface area (Å²) >= 11 is 0. The Kier molecular flexibility index (Phi) is 3.46. The lowest BCUT2D eigenvalue weighted by atomic mass is 10.1. The number of hydrogen-bond donors (Lipinski definition) is 2.